The molecule has 0 N–H and O–H groups in total. The first-order valence-corrected chi connectivity index (χ1v) is 6.99. The third-order valence-corrected chi connectivity index (χ3v) is 4.68. The van der Waals surface area contributed by atoms with Crippen molar-refractivity contribution in [2.24, 2.45) is 0 Å². The number of benzene rings is 1. The summed E-state index contributed by atoms with van der Waals surface area (Å²) in [6.07, 6.45) is 0. The van der Waals surface area contributed by atoms with Crippen LogP contribution < -0.4 is 0 Å². The zero-order chi connectivity index (χ0) is 15.5. The molecule has 0 fully saturated rings. The second-order valence-electron chi connectivity index (χ2n) is 3.71. The highest BCUT2D eigenvalue weighted by atomic mass is 35.5. The monoisotopic (exact) mass is 322 g/mol. The summed E-state index contributed by atoms with van der Waals surface area (Å²) in [6.45, 7) is -0.494. The average molecular weight is 323 g/mol. The van der Waals surface area contributed by atoms with Crippen LogP contribution in [0.1, 0.15) is 0 Å². The summed E-state index contributed by atoms with van der Waals surface area (Å²) in [5.41, 5.74) is -0.329. The van der Waals surface area contributed by atoms with Crippen LogP contribution in [-0.2, 0) is 19.6 Å². The van der Waals surface area contributed by atoms with Crippen LogP contribution in [0.4, 0.5) is 5.69 Å². The van der Waals surface area contributed by atoms with Gasteiger partial charge in [-0.05, 0) is 6.07 Å². The fraction of sp³-hybridized carbons (Fsp3) is 0.300. The van der Waals surface area contributed by atoms with Gasteiger partial charge in [0.15, 0.2) is 0 Å². The molecule has 0 saturated heterocycles. The van der Waals surface area contributed by atoms with Gasteiger partial charge in [0.2, 0.25) is 10.0 Å². The third-order valence-electron chi connectivity index (χ3n) is 2.39. The van der Waals surface area contributed by atoms with E-state index in [1.165, 1.54) is 7.05 Å². The first-order valence-electron chi connectivity index (χ1n) is 5.17. The number of nitro benzene ring substituents is 1. The van der Waals surface area contributed by atoms with Gasteiger partial charge >= 0.3 is 5.97 Å². The lowest BCUT2D eigenvalue weighted by Gasteiger charge is -2.16. The number of non-ortho nitro benzene ring substituents is 1. The Morgan fingerprint density at radius 3 is 2.55 bits per heavy atom. The number of sulfonamides is 1. The smallest absolute Gasteiger partial charge is 0.321 e. The van der Waals surface area contributed by atoms with Crippen LogP contribution in [0.15, 0.2) is 23.1 Å². The highest BCUT2D eigenvalue weighted by Crippen LogP contribution is 2.27. The van der Waals surface area contributed by atoms with Crippen LogP contribution in [0, 0.1) is 10.1 Å². The molecule has 0 spiro atoms. The van der Waals surface area contributed by atoms with Crippen molar-refractivity contribution in [2.45, 2.75) is 4.90 Å². The normalized spacial score (nSPS) is 11.4. The molecule has 1 aromatic carbocycles. The number of ether oxygens (including phenoxy) is 1. The minimum atomic E-state index is -4.04. The standard InChI is InChI=1S/C10H11ClN2O6S/c1-12(6-10(14)19-2)20(17,18)9-4-3-7(13(15)16)5-8(9)11/h3-5H,6H2,1-2H3. The van der Waals surface area contributed by atoms with Crippen molar-refractivity contribution < 1.29 is 22.9 Å². The van der Waals surface area contributed by atoms with Gasteiger partial charge in [0.05, 0.1) is 17.1 Å². The number of halogens is 1. The fourth-order valence-electron chi connectivity index (χ4n) is 1.31. The number of methoxy groups -OCH3 is 1. The lowest BCUT2D eigenvalue weighted by atomic mass is 10.3. The molecule has 0 heterocycles. The van der Waals surface area contributed by atoms with E-state index in [9.17, 15) is 23.3 Å². The Morgan fingerprint density at radius 1 is 1.50 bits per heavy atom. The summed E-state index contributed by atoms with van der Waals surface area (Å²) in [5.74, 6) is -0.742. The number of likely N-dealkylation sites (N-methyl/N-ethyl adjacent to an activating group) is 1. The van der Waals surface area contributed by atoms with Gasteiger partial charge in [-0.1, -0.05) is 11.6 Å². The maximum Gasteiger partial charge on any atom is 0.321 e. The van der Waals surface area contributed by atoms with Crippen molar-refractivity contribution in [2.75, 3.05) is 20.7 Å². The van der Waals surface area contributed by atoms with E-state index in [0.29, 0.717) is 0 Å². The number of hydrogen-bond donors (Lipinski definition) is 0. The Balaban J connectivity index is 3.16. The largest absolute Gasteiger partial charge is 0.468 e. The maximum atomic E-state index is 12.1. The van der Waals surface area contributed by atoms with Gasteiger partial charge in [-0.15, -0.1) is 0 Å². The number of hydrogen-bond acceptors (Lipinski definition) is 6. The summed E-state index contributed by atoms with van der Waals surface area (Å²) in [6, 6.07) is 2.97. The van der Waals surface area contributed by atoms with Crippen molar-refractivity contribution in [1.82, 2.24) is 4.31 Å². The predicted octanol–water partition coefficient (Wildman–Crippen LogP) is 1.04. The number of carbonyl (C=O) groups excluding carboxylic acids is 1. The van der Waals surface area contributed by atoms with Crippen molar-refractivity contribution in [3.8, 4) is 0 Å². The molecule has 20 heavy (non-hydrogen) atoms. The molecule has 0 atom stereocenters. The van der Waals surface area contributed by atoms with Crippen LogP contribution in [-0.4, -0.2) is 44.3 Å². The Kier molecular flexibility index (Phi) is 5.03. The van der Waals surface area contributed by atoms with Crippen LogP contribution in [0.25, 0.3) is 0 Å². The van der Waals surface area contributed by atoms with Crippen molar-refractivity contribution >= 4 is 33.3 Å². The minimum Gasteiger partial charge on any atom is -0.468 e. The summed E-state index contributed by atoms with van der Waals surface area (Å²) in [7, 11) is -1.74. The molecule has 0 bridgehead atoms. The summed E-state index contributed by atoms with van der Waals surface area (Å²) >= 11 is 5.75. The van der Waals surface area contributed by atoms with Gasteiger partial charge in [-0.2, -0.15) is 4.31 Å². The van der Waals surface area contributed by atoms with E-state index in [0.717, 1.165) is 29.6 Å². The van der Waals surface area contributed by atoms with Crippen molar-refractivity contribution in [3.05, 3.63) is 33.3 Å². The topological polar surface area (TPSA) is 107 Å². The first-order chi connectivity index (χ1) is 9.20. The molecule has 1 aromatic rings. The quantitative estimate of drug-likeness (QED) is 0.455. The van der Waals surface area contributed by atoms with Gasteiger partial charge in [0, 0.05) is 19.2 Å². The molecular formula is C10H11ClN2O6S. The zero-order valence-electron chi connectivity index (χ0n) is 10.6. The van der Waals surface area contributed by atoms with E-state index in [4.69, 9.17) is 11.6 Å². The Bertz CT molecular complexity index is 645. The molecule has 0 aliphatic carbocycles. The van der Waals surface area contributed by atoms with Gasteiger partial charge < -0.3 is 4.74 Å². The van der Waals surface area contributed by atoms with Crippen LogP contribution in [0.5, 0.6) is 0 Å². The van der Waals surface area contributed by atoms with Crippen LogP contribution in [0.2, 0.25) is 5.02 Å². The van der Waals surface area contributed by atoms with Crippen molar-refractivity contribution in [3.63, 3.8) is 0 Å². The molecule has 8 nitrogen and oxygen atoms in total. The number of nitrogens with zero attached hydrogens (tertiary/aromatic N) is 2. The number of carbonyl (C=O) groups is 1. The molecule has 0 aromatic heterocycles. The number of esters is 1. The number of rotatable bonds is 5. The van der Waals surface area contributed by atoms with E-state index in [1.807, 2.05) is 0 Å². The lowest BCUT2D eigenvalue weighted by molar-refractivity contribution is -0.384. The third kappa shape index (κ3) is 3.44. The number of nitro groups is 1. The Labute approximate surface area is 120 Å². The first kappa shape index (κ1) is 16.3. The lowest BCUT2D eigenvalue weighted by Crippen LogP contribution is -2.32. The molecule has 0 saturated carbocycles. The van der Waals surface area contributed by atoms with Gasteiger partial charge in [-0.3, -0.25) is 14.9 Å². The summed E-state index contributed by atoms with van der Waals surface area (Å²) in [4.78, 5) is 20.6. The van der Waals surface area contributed by atoms with Gasteiger partial charge in [0.1, 0.15) is 11.4 Å². The van der Waals surface area contributed by atoms with E-state index >= 15 is 0 Å². The molecule has 0 amide bonds. The predicted molar refractivity (Wildman–Crippen MR) is 69.9 cm³/mol. The second kappa shape index (κ2) is 6.16. The maximum absolute atomic E-state index is 12.1. The molecule has 0 radical (unpaired) electrons. The second-order valence-corrected chi connectivity index (χ2v) is 6.13. The zero-order valence-corrected chi connectivity index (χ0v) is 12.1. The summed E-state index contributed by atoms with van der Waals surface area (Å²) in [5, 5.41) is 10.3. The Morgan fingerprint density at radius 2 is 2.10 bits per heavy atom. The molecular weight excluding hydrogens is 312 g/mol. The van der Waals surface area contributed by atoms with E-state index in [2.05, 4.69) is 4.74 Å². The highest BCUT2D eigenvalue weighted by Gasteiger charge is 2.26. The molecule has 110 valence electrons. The molecule has 1 rings (SSSR count). The average Bonchev–Trinajstić information content (AvgIpc) is 2.37. The van der Waals surface area contributed by atoms with Crippen LogP contribution in [0.3, 0.4) is 0 Å². The van der Waals surface area contributed by atoms with E-state index < -0.39 is 27.5 Å². The highest BCUT2D eigenvalue weighted by molar-refractivity contribution is 7.89. The van der Waals surface area contributed by atoms with Gasteiger partial charge in [-0.25, -0.2) is 8.42 Å². The molecule has 0 aliphatic rings. The molecule has 10 heteroatoms. The fourth-order valence-corrected chi connectivity index (χ4v) is 2.94. The SMILES string of the molecule is COC(=O)CN(C)S(=O)(=O)c1ccc([N+](=O)[O-])cc1Cl. The minimum absolute atomic E-state index is 0.295. The Hall–Kier alpha value is -1.71. The van der Waals surface area contributed by atoms with Crippen molar-refractivity contribution in [1.29, 1.82) is 0 Å². The molecule has 0 unspecified atom stereocenters. The van der Waals surface area contributed by atoms with E-state index in [-0.39, 0.29) is 15.6 Å². The van der Waals surface area contributed by atoms with Gasteiger partial charge in [0.25, 0.3) is 5.69 Å². The summed E-state index contributed by atoms with van der Waals surface area (Å²) < 4.78 is 29.4. The van der Waals surface area contributed by atoms with E-state index in [1.54, 1.807) is 0 Å². The molecule has 0 aliphatic heterocycles. The van der Waals surface area contributed by atoms with Crippen LogP contribution >= 0.6 is 11.6 Å².